The number of hydrogen-bond acceptors (Lipinski definition) is 0. The SMILES string of the molecule is CB1CCc2cc(Cl)ccc21. The van der Waals surface area contributed by atoms with Crippen LogP contribution < -0.4 is 5.46 Å². The van der Waals surface area contributed by atoms with Crippen molar-refractivity contribution in [3.05, 3.63) is 28.8 Å². The Morgan fingerprint density at radius 1 is 1.45 bits per heavy atom. The molecule has 0 radical (unpaired) electrons. The van der Waals surface area contributed by atoms with E-state index >= 15 is 0 Å². The molecule has 2 heteroatoms. The fourth-order valence-corrected chi connectivity index (χ4v) is 1.99. The second-order valence-electron chi connectivity index (χ2n) is 3.28. The van der Waals surface area contributed by atoms with Crippen LogP contribution in [-0.4, -0.2) is 6.71 Å². The third-order valence-corrected chi connectivity index (χ3v) is 2.72. The molecule has 0 aromatic heterocycles. The Morgan fingerprint density at radius 3 is 3.09 bits per heavy atom. The fraction of sp³-hybridized carbons (Fsp3) is 0.333. The second-order valence-corrected chi connectivity index (χ2v) is 3.72. The van der Waals surface area contributed by atoms with Gasteiger partial charge >= 0.3 is 0 Å². The Labute approximate surface area is 72.6 Å². The average Bonchev–Trinajstić information content (AvgIpc) is 2.32. The number of aryl methyl sites for hydroxylation is 1. The lowest BCUT2D eigenvalue weighted by atomic mass is 9.48. The summed E-state index contributed by atoms with van der Waals surface area (Å²) < 4.78 is 0. The monoisotopic (exact) mass is 164 g/mol. The first-order valence-electron chi connectivity index (χ1n) is 4.05. The van der Waals surface area contributed by atoms with Crippen LogP contribution in [0.2, 0.25) is 18.2 Å². The molecule has 0 atom stereocenters. The van der Waals surface area contributed by atoms with Gasteiger partial charge in [-0.05, 0) is 18.6 Å². The molecule has 1 aliphatic heterocycles. The zero-order valence-electron chi connectivity index (χ0n) is 6.60. The molecule has 0 spiro atoms. The van der Waals surface area contributed by atoms with Gasteiger partial charge in [0.05, 0.1) is 0 Å². The van der Waals surface area contributed by atoms with Crippen LogP contribution in [0.25, 0.3) is 0 Å². The van der Waals surface area contributed by atoms with E-state index in [-0.39, 0.29) is 0 Å². The Balaban J connectivity index is 2.50. The van der Waals surface area contributed by atoms with E-state index in [0.29, 0.717) is 0 Å². The lowest BCUT2D eigenvalue weighted by Crippen LogP contribution is -2.21. The minimum atomic E-state index is 0.738. The summed E-state index contributed by atoms with van der Waals surface area (Å²) >= 11 is 5.87. The first kappa shape index (κ1) is 7.24. The molecule has 1 aromatic rings. The number of fused-ring (bicyclic) bond motifs is 1. The first-order chi connectivity index (χ1) is 5.27. The largest absolute Gasteiger partial charge is 0.173 e. The molecule has 11 heavy (non-hydrogen) atoms. The van der Waals surface area contributed by atoms with Crippen molar-refractivity contribution < 1.29 is 0 Å². The zero-order valence-corrected chi connectivity index (χ0v) is 7.36. The number of halogens is 1. The van der Waals surface area contributed by atoms with Crippen LogP contribution in [0.15, 0.2) is 18.2 Å². The van der Waals surface area contributed by atoms with Gasteiger partial charge in [0.25, 0.3) is 0 Å². The number of benzene rings is 1. The topological polar surface area (TPSA) is 0 Å². The van der Waals surface area contributed by atoms with Crippen molar-refractivity contribution in [1.82, 2.24) is 0 Å². The zero-order chi connectivity index (χ0) is 7.84. The molecule has 0 nitrogen and oxygen atoms in total. The van der Waals surface area contributed by atoms with Gasteiger partial charge in [0.1, 0.15) is 0 Å². The van der Waals surface area contributed by atoms with E-state index < -0.39 is 0 Å². The van der Waals surface area contributed by atoms with Gasteiger partial charge in [-0.3, -0.25) is 0 Å². The lowest BCUT2D eigenvalue weighted by Gasteiger charge is -2.00. The third-order valence-electron chi connectivity index (χ3n) is 2.48. The summed E-state index contributed by atoms with van der Waals surface area (Å²) in [5.74, 6) is 0. The van der Waals surface area contributed by atoms with Crippen molar-refractivity contribution in [2.24, 2.45) is 0 Å². The molecule has 1 heterocycles. The third kappa shape index (κ3) is 1.18. The van der Waals surface area contributed by atoms with Crippen LogP contribution >= 0.6 is 11.6 Å². The van der Waals surface area contributed by atoms with E-state index in [1.54, 1.807) is 0 Å². The Hall–Kier alpha value is -0.425. The summed E-state index contributed by atoms with van der Waals surface area (Å²) in [6, 6.07) is 6.25. The fourth-order valence-electron chi connectivity index (χ4n) is 1.80. The molecule has 0 amide bonds. The molecular formula is C9H10BCl. The van der Waals surface area contributed by atoms with Gasteiger partial charge in [0.2, 0.25) is 0 Å². The van der Waals surface area contributed by atoms with Gasteiger partial charge in [-0.15, -0.1) is 0 Å². The van der Waals surface area contributed by atoms with Crippen LogP contribution in [0.1, 0.15) is 5.56 Å². The Kier molecular flexibility index (Phi) is 1.69. The van der Waals surface area contributed by atoms with E-state index in [2.05, 4.69) is 19.0 Å². The maximum atomic E-state index is 5.87. The average molecular weight is 164 g/mol. The van der Waals surface area contributed by atoms with Crippen LogP contribution in [0, 0.1) is 0 Å². The van der Waals surface area contributed by atoms with Crippen molar-refractivity contribution >= 4 is 23.8 Å². The van der Waals surface area contributed by atoms with E-state index in [9.17, 15) is 0 Å². The molecule has 2 rings (SSSR count). The first-order valence-corrected chi connectivity index (χ1v) is 4.43. The van der Waals surface area contributed by atoms with E-state index in [1.807, 2.05) is 6.07 Å². The molecule has 1 aromatic carbocycles. The molecule has 0 aliphatic carbocycles. The van der Waals surface area contributed by atoms with Crippen molar-refractivity contribution in [3.8, 4) is 0 Å². The maximum absolute atomic E-state index is 5.87. The predicted molar refractivity (Wildman–Crippen MR) is 51.2 cm³/mol. The van der Waals surface area contributed by atoms with Crippen molar-refractivity contribution in [1.29, 1.82) is 0 Å². The van der Waals surface area contributed by atoms with Crippen molar-refractivity contribution in [2.75, 3.05) is 0 Å². The highest BCUT2D eigenvalue weighted by atomic mass is 35.5. The summed E-state index contributed by atoms with van der Waals surface area (Å²) in [5, 5.41) is 0.873. The van der Waals surface area contributed by atoms with Crippen molar-refractivity contribution in [3.63, 3.8) is 0 Å². The molecule has 1 aliphatic rings. The molecule has 0 N–H and O–H groups in total. The van der Waals surface area contributed by atoms with Gasteiger partial charge in [0.15, 0.2) is 6.71 Å². The van der Waals surface area contributed by atoms with E-state index in [4.69, 9.17) is 11.6 Å². The van der Waals surface area contributed by atoms with Crippen LogP contribution in [0.4, 0.5) is 0 Å². The number of rotatable bonds is 0. The Morgan fingerprint density at radius 2 is 2.27 bits per heavy atom. The standard InChI is InChI=1S/C9H10BCl/c1-10-5-4-7-6-8(11)2-3-9(7)10/h2-3,6H,4-5H2,1H3. The molecule has 0 saturated carbocycles. The predicted octanol–water partition coefficient (Wildman–Crippen LogP) is 2.23. The summed E-state index contributed by atoms with van der Waals surface area (Å²) in [6.07, 6.45) is 2.49. The molecule has 0 bridgehead atoms. The number of hydrogen-bond donors (Lipinski definition) is 0. The smallest absolute Gasteiger partial charge is 0.0843 e. The summed E-state index contributed by atoms with van der Waals surface area (Å²) in [5.41, 5.74) is 2.94. The quantitative estimate of drug-likeness (QED) is 0.516. The second kappa shape index (κ2) is 2.56. The van der Waals surface area contributed by atoms with Crippen molar-refractivity contribution in [2.45, 2.75) is 19.6 Å². The molecule has 0 saturated heterocycles. The van der Waals surface area contributed by atoms with E-state index in [1.165, 1.54) is 23.8 Å². The summed E-state index contributed by atoms with van der Waals surface area (Å²) in [6.45, 7) is 3.02. The summed E-state index contributed by atoms with van der Waals surface area (Å²) in [7, 11) is 0. The van der Waals surface area contributed by atoms with E-state index in [0.717, 1.165) is 11.7 Å². The van der Waals surface area contributed by atoms with Crippen LogP contribution in [0.3, 0.4) is 0 Å². The van der Waals surface area contributed by atoms with Gasteiger partial charge in [-0.25, -0.2) is 0 Å². The highest BCUT2D eigenvalue weighted by Crippen LogP contribution is 2.18. The minimum absolute atomic E-state index is 0.738. The van der Waals surface area contributed by atoms with Gasteiger partial charge < -0.3 is 0 Å². The highest BCUT2D eigenvalue weighted by Gasteiger charge is 2.20. The lowest BCUT2D eigenvalue weighted by molar-refractivity contribution is 1.17. The normalized spacial score (nSPS) is 15.3. The molecule has 0 unspecified atom stereocenters. The minimum Gasteiger partial charge on any atom is -0.0843 e. The maximum Gasteiger partial charge on any atom is 0.173 e. The highest BCUT2D eigenvalue weighted by molar-refractivity contribution is 6.73. The van der Waals surface area contributed by atoms with Crippen LogP contribution in [-0.2, 0) is 6.42 Å². The molecule has 56 valence electrons. The molecular weight excluding hydrogens is 154 g/mol. The van der Waals surface area contributed by atoms with Gasteiger partial charge in [-0.2, -0.15) is 0 Å². The molecule has 0 fully saturated rings. The summed E-state index contributed by atoms with van der Waals surface area (Å²) in [4.78, 5) is 0. The van der Waals surface area contributed by atoms with Gasteiger partial charge in [-0.1, -0.05) is 41.8 Å². The van der Waals surface area contributed by atoms with Crippen LogP contribution in [0.5, 0.6) is 0 Å². The van der Waals surface area contributed by atoms with Gasteiger partial charge in [0, 0.05) is 5.02 Å². The Bertz CT molecular complexity index is 283.